The molecular weight excluding hydrogens is 470 g/mol. The number of rotatable bonds is 8. The third-order valence-corrected chi connectivity index (χ3v) is 5.62. The molecule has 4 aromatic rings. The zero-order valence-corrected chi connectivity index (χ0v) is 20.6. The largest absolute Gasteiger partial charge is 0.489 e. The highest BCUT2D eigenvalue weighted by Gasteiger charge is 2.29. The van der Waals surface area contributed by atoms with Crippen LogP contribution in [0.5, 0.6) is 11.5 Å². The standard InChI is InChI=1S/C28H27N5O4/c1-3-35-28(34)33-27(30-32(2)31-33)22-13-11-20(12-14-22)18-36-24-8-6-9-25(17-24)37-19-23-16-15-21-7-4-5-10-26(21)29-23/h4-17,31H,3,18-19H2,1-2H3. The number of aromatic nitrogens is 1. The second-order valence-electron chi connectivity index (χ2n) is 8.33. The summed E-state index contributed by atoms with van der Waals surface area (Å²) in [6, 6.07) is 27.2. The first kappa shape index (κ1) is 24.1. The van der Waals surface area contributed by atoms with E-state index in [1.807, 2.05) is 84.9 Å². The van der Waals surface area contributed by atoms with Gasteiger partial charge in [0.1, 0.15) is 24.7 Å². The summed E-state index contributed by atoms with van der Waals surface area (Å²) in [4.78, 5) is 16.9. The molecule has 9 nitrogen and oxygen atoms in total. The van der Waals surface area contributed by atoms with E-state index in [0.717, 1.165) is 27.7 Å². The number of amides is 1. The molecule has 188 valence electrons. The van der Waals surface area contributed by atoms with Gasteiger partial charge in [0.05, 0.1) is 17.8 Å². The number of amidine groups is 1. The fraction of sp³-hybridized carbons (Fsp3) is 0.179. The summed E-state index contributed by atoms with van der Waals surface area (Å²) in [6.07, 6.45) is -0.517. The van der Waals surface area contributed by atoms with Gasteiger partial charge in [-0.1, -0.05) is 54.6 Å². The number of carbonyl (C=O) groups excluding carboxylic acids is 1. The number of hydrazine groups is 2. The lowest BCUT2D eigenvalue weighted by Gasteiger charge is -2.17. The Bertz CT molecular complexity index is 1420. The molecule has 37 heavy (non-hydrogen) atoms. The van der Waals surface area contributed by atoms with Gasteiger partial charge in [0.2, 0.25) is 0 Å². The van der Waals surface area contributed by atoms with Crippen molar-refractivity contribution in [2.24, 2.45) is 5.10 Å². The predicted molar refractivity (Wildman–Crippen MR) is 140 cm³/mol. The number of benzene rings is 3. The van der Waals surface area contributed by atoms with Crippen molar-refractivity contribution >= 4 is 22.8 Å². The molecule has 1 aliphatic rings. The number of fused-ring (bicyclic) bond motifs is 1. The minimum atomic E-state index is -0.517. The first-order chi connectivity index (χ1) is 18.1. The second kappa shape index (κ2) is 11.0. The van der Waals surface area contributed by atoms with Gasteiger partial charge in [-0.3, -0.25) is 0 Å². The van der Waals surface area contributed by atoms with Gasteiger partial charge in [-0.2, -0.15) is 5.01 Å². The summed E-state index contributed by atoms with van der Waals surface area (Å²) in [7, 11) is 1.71. The maximum Gasteiger partial charge on any atom is 0.432 e. The van der Waals surface area contributed by atoms with Crippen molar-refractivity contribution in [3.63, 3.8) is 0 Å². The Kier molecular flexibility index (Phi) is 7.14. The molecule has 2 heterocycles. The van der Waals surface area contributed by atoms with Gasteiger partial charge < -0.3 is 14.2 Å². The van der Waals surface area contributed by atoms with Crippen LogP contribution in [-0.4, -0.2) is 40.7 Å². The highest BCUT2D eigenvalue weighted by atomic mass is 16.6. The molecule has 0 radical (unpaired) electrons. The van der Waals surface area contributed by atoms with E-state index in [1.165, 1.54) is 10.1 Å². The van der Waals surface area contributed by atoms with Crippen LogP contribution in [-0.2, 0) is 18.0 Å². The molecule has 0 bridgehead atoms. The zero-order valence-electron chi connectivity index (χ0n) is 20.6. The van der Waals surface area contributed by atoms with Crippen molar-refractivity contribution in [3.8, 4) is 11.5 Å². The van der Waals surface area contributed by atoms with Crippen molar-refractivity contribution in [2.75, 3.05) is 13.7 Å². The Morgan fingerprint density at radius 1 is 0.892 bits per heavy atom. The van der Waals surface area contributed by atoms with Crippen LogP contribution in [0.1, 0.15) is 23.7 Å². The highest BCUT2D eigenvalue weighted by molar-refractivity contribution is 6.06. The van der Waals surface area contributed by atoms with Gasteiger partial charge in [0.15, 0.2) is 5.84 Å². The van der Waals surface area contributed by atoms with Gasteiger partial charge in [0.25, 0.3) is 0 Å². The number of pyridine rings is 1. The van der Waals surface area contributed by atoms with E-state index in [-0.39, 0.29) is 6.61 Å². The molecule has 1 aromatic heterocycles. The quantitative estimate of drug-likeness (QED) is 0.371. The molecule has 3 aromatic carbocycles. The number of nitrogens with one attached hydrogen (secondary N) is 1. The molecule has 9 heteroatoms. The summed E-state index contributed by atoms with van der Waals surface area (Å²) < 4.78 is 17.0. The van der Waals surface area contributed by atoms with E-state index >= 15 is 0 Å². The smallest absolute Gasteiger partial charge is 0.432 e. The van der Waals surface area contributed by atoms with Gasteiger partial charge in [-0.15, -0.1) is 10.6 Å². The van der Waals surface area contributed by atoms with Crippen LogP contribution in [0.25, 0.3) is 10.9 Å². The lowest BCUT2D eigenvalue weighted by atomic mass is 10.1. The Labute approximate surface area is 214 Å². The van der Waals surface area contributed by atoms with Crippen molar-refractivity contribution in [2.45, 2.75) is 20.1 Å². The number of hydrogen-bond acceptors (Lipinski definition) is 8. The molecule has 0 fully saturated rings. The van der Waals surface area contributed by atoms with Gasteiger partial charge in [0, 0.05) is 24.1 Å². The predicted octanol–water partition coefficient (Wildman–Crippen LogP) is 4.88. The fourth-order valence-corrected chi connectivity index (χ4v) is 3.82. The molecule has 0 saturated heterocycles. The van der Waals surface area contributed by atoms with Crippen molar-refractivity contribution in [1.82, 2.24) is 20.6 Å². The van der Waals surface area contributed by atoms with Crippen LogP contribution in [0, 0.1) is 0 Å². The van der Waals surface area contributed by atoms with Crippen LogP contribution < -0.4 is 15.0 Å². The Balaban J connectivity index is 1.18. The first-order valence-electron chi connectivity index (χ1n) is 11.9. The minimum absolute atomic E-state index is 0.275. The molecule has 0 saturated carbocycles. The first-order valence-corrected chi connectivity index (χ1v) is 11.9. The van der Waals surface area contributed by atoms with E-state index in [0.29, 0.717) is 30.5 Å². The van der Waals surface area contributed by atoms with E-state index in [9.17, 15) is 4.79 Å². The SMILES string of the molecule is CCOC(=O)N1NN(C)N=C1c1ccc(COc2cccc(OCc3ccc4ccccc4n3)c2)cc1. The molecule has 1 amide bonds. The summed E-state index contributed by atoms with van der Waals surface area (Å²) in [5, 5.41) is 8.17. The Hall–Kier alpha value is -4.63. The Morgan fingerprint density at radius 3 is 2.43 bits per heavy atom. The third kappa shape index (κ3) is 5.79. The lowest BCUT2D eigenvalue weighted by Crippen LogP contribution is -2.46. The Morgan fingerprint density at radius 2 is 1.65 bits per heavy atom. The van der Waals surface area contributed by atoms with Crippen LogP contribution >= 0.6 is 0 Å². The summed E-state index contributed by atoms with van der Waals surface area (Å²) >= 11 is 0. The van der Waals surface area contributed by atoms with Crippen LogP contribution in [0.2, 0.25) is 0 Å². The maximum absolute atomic E-state index is 12.2. The van der Waals surface area contributed by atoms with E-state index in [4.69, 9.17) is 14.2 Å². The number of carbonyl (C=O) groups is 1. The van der Waals surface area contributed by atoms with Crippen molar-refractivity contribution < 1.29 is 19.0 Å². The average molecular weight is 498 g/mol. The molecule has 0 spiro atoms. The third-order valence-electron chi connectivity index (χ3n) is 5.62. The lowest BCUT2D eigenvalue weighted by molar-refractivity contribution is 0.0860. The summed E-state index contributed by atoms with van der Waals surface area (Å²) in [6.45, 7) is 2.78. The van der Waals surface area contributed by atoms with E-state index < -0.39 is 6.09 Å². The van der Waals surface area contributed by atoms with Crippen LogP contribution in [0.15, 0.2) is 90.0 Å². The molecule has 5 rings (SSSR count). The normalized spacial score (nSPS) is 13.0. The molecule has 0 atom stereocenters. The number of hydrogen-bond donors (Lipinski definition) is 1. The van der Waals surface area contributed by atoms with Crippen LogP contribution in [0.3, 0.4) is 0 Å². The molecular formula is C28H27N5O4. The van der Waals surface area contributed by atoms with Crippen molar-refractivity contribution in [1.29, 1.82) is 0 Å². The van der Waals surface area contributed by atoms with Crippen LogP contribution in [0.4, 0.5) is 4.79 Å². The molecule has 0 aliphatic carbocycles. The minimum Gasteiger partial charge on any atom is -0.489 e. The number of nitrogens with zero attached hydrogens (tertiary/aromatic N) is 4. The monoisotopic (exact) mass is 497 g/mol. The molecule has 0 unspecified atom stereocenters. The highest BCUT2D eigenvalue weighted by Crippen LogP contribution is 2.22. The summed E-state index contributed by atoms with van der Waals surface area (Å²) in [5.41, 5.74) is 6.38. The van der Waals surface area contributed by atoms with E-state index in [2.05, 4.69) is 15.6 Å². The zero-order chi connectivity index (χ0) is 25.6. The molecule has 1 N–H and O–H groups in total. The van der Waals surface area contributed by atoms with Gasteiger partial charge in [-0.05, 0) is 36.8 Å². The average Bonchev–Trinajstić information content (AvgIpc) is 3.33. The fourth-order valence-electron chi connectivity index (χ4n) is 3.82. The number of hydrazone groups is 1. The molecule has 1 aliphatic heterocycles. The van der Waals surface area contributed by atoms with Crippen molar-refractivity contribution in [3.05, 3.63) is 102 Å². The second-order valence-corrected chi connectivity index (χ2v) is 8.33. The topological polar surface area (TPSA) is 88.5 Å². The van der Waals surface area contributed by atoms with E-state index in [1.54, 1.807) is 14.0 Å². The van der Waals surface area contributed by atoms with Gasteiger partial charge in [-0.25, -0.2) is 14.9 Å². The maximum atomic E-state index is 12.2. The number of para-hydroxylation sites is 1. The summed E-state index contributed by atoms with van der Waals surface area (Å²) in [5.74, 6) is 1.87. The number of ether oxygens (including phenoxy) is 3. The van der Waals surface area contributed by atoms with Gasteiger partial charge >= 0.3 is 6.09 Å².